The fraction of sp³-hybridized carbons (Fsp3) is 0.429. The van der Waals surface area contributed by atoms with Crippen molar-refractivity contribution in [3.05, 3.63) is 35.4 Å². The number of aliphatic hydroxyl groups is 2. The van der Waals surface area contributed by atoms with Crippen LogP contribution in [0.2, 0.25) is 0 Å². The van der Waals surface area contributed by atoms with Gasteiger partial charge >= 0.3 is 0 Å². The fourth-order valence-corrected chi connectivity index (χ4v) is 2.31. The second-order valence-corrected chi connectivity index (χ2v) is 5.22. The van der Waals surface area contributed by atoms with E-state index in [0.29, 0.717) is 5.25 Å². The van der Waals surface area contributed by atoms with Crippen molar-refractivity contribution >= 4 is 11.8 Å². The molecular formula is C14H18O2S. The highest BCUT2D eigenvalue weighted by atomic mass is 32.2. The Bertz CT molecular complexity index is 393. The van der Waals surface area contributed by atoms with E-state index < -0.39 is 0 Å². The second kappa shape index (κ2) is 8.19. The monoisotopic (exact) mass is 250 g/mol. The topological polar surface area (TPSA) is 40.5 Å². The van der Waals surface area contributed by atoms with E-state index in [1.807, 2.05) is 30.0 Å². The first-order chi connectivity index (χ1) is 8.26. The van der Waals surface area contributed by atoms with E-state index in [1.54, 1.807) is 0 Å². The number of rotatable bonds is 5. The highest BCUT2D eigenvalue weighted by Crippen LogP contribution is 2.20. The zero-order valence-corrected chi connectivity index (χ0v) is 10.8. The zero-order chi connectivity index (χ0) is 12.5. The minimum atomic E-state index is -0.105. The van der Waals surface area contributed by atoms with Crippen LogP contribution in [-0.2, 0) is 5.75 Å². The first kappa shape index (κ1) is 14.1. The maximum absolute atomic E-state index is 8.82. The van der Waals surface area contributed by atoms with Gasteiger partial charge in [-0.3, -0.25) is 0 Å². The molecule has 0 fully saturated rings. The molecule has 0 heterocycles. The van der Waals surface area contributed by atoms with Gasteiger partial charge in [-0.25, -0.2) is 0 Å². The van der Waals surface area contributed by atoms with E-state index in [4.69, 9.17) is 10.2 Å². The molecule has 1 atom stereocenters. The predicted molar refractivity (Wildman–Crippen MR) is 72.9 cm³/mol. The quantitative estimate of drug-likeness (QED) is 0.786. The minimum absolute atomic E-state index is 0.105. The van der Waals surface area contributed by atoms with Gasteiger partial charge in [0.2, 0.25) is 0 Å². The van der Waals surface area contributed by atoms with Gasteiger partial charge in [0, 0.05) is 23.2 Å². The molecule has 1 aromatic rings. The minimum Gasteiger partial charge on any atom is -0.396 e. The van der Waals surface area contributed by atoms with Gasteiger partial charge in [0.1, 0.15) is 6.61 Å². The maximum Gasteiger partial charge on any atom is 0.104 e. The summed E-state index contributed by atoms with van der Waals surface area (Å²) < 4.78 is 0. The molecular weight excluding hydrogens is 232 g/mol. The van der Waals surface area contributed by atoms with Gasteiger partial charge in [-0.2, -0.15) is 11.8 Å². The van der Waals surface area contributed by atoms with Gasteiger partial charge in [-0.05, 0) is 24.1 Å². The van der Waals surface area contributed by atoms with Crippen molar-refractivity contribution in [1.29, 1.82) is 0 Å². The van der Waals surface area contributed by atoms with E-state index in [2.05, 4.69) is 24.8 Å². The average molecular weight is 250 g/mol. The molecule has 0 saturated heterocycles. The molecule has 1 aromatic carbocycles. The van der Waals surface area contributed by atoms with Gasteiger partial charge < -0.3 is 10.2 Å². The Morgan fingerprint density at radius 2 is 2.18 bits per heavy atom. The van der Waals surface area contributed by atoms with Gasteiger partial charge in [-0.1, -0.05) is 30.9 Å². The maximum atomic E-state index is 8.82. The molecule has 0 saturated carbocycles. The van der Waals surface area contributed by atoms with Crippen molar-refractivity contribution < 1.29 is 10.2 Å². The van der Waals surface area contributed by atoms with Crippen LogP contribution in [0.1, 0.15) is 24.5 Å². The van der Waals surface area contributed by atoms with E-state index >= 15 is 0 Å². The van der Waals surface area contributed by atoms with Gasteiger partial charge in [-0.15, -0.1) is 0 Å². The lowest BCUT2D eigenvalue weighted by Crippen LogP contribution is -1.99. The Balaban J connectivity index is 2.54. The molecule has 0 aromatic heterocycles. The predicted octanol–water partition coefficient (Wildman–Crippen LogP) is 2.03. The summed E-state index contributed by atoms with van der Waals surface area (Å²) in [6.07, 6.45) is 0.828. The molecule has 92 valence electrons. The molecule has 0 bridgehead atoms. The smallest absolute Gasteiger partial charge is 0.104 e. The van der Waals surface area contributed by atoms with Crippen molar-refractivity contribution in [2.45, 2.75) is 24.3 Å². The SMILES string of the molecule is CC(CCO)SCc1cccc(C#CCO)c1. The normalized spacial score (nSPS) is 11.7. The fourth-order valence-electron chi connectivity index (χ4n) is 1.38. The van der Waals surface area contributed by atoms with Crippen molar-refractivity contribution in [2.24, 2.45) is 0 Å². The number of hydrogen-bond acceptors (Lipinski definition) is 3. The summed E-state index contributed by atoms with van der Waals surface area (Å²) in [5.74, 6) is 6.47. The standard InChI is InChI=1S/C14H18O2S/c1-12(7-9-16)17-11-14-5-2-4-13(10-14)6-3-8-15/h2,4-5,10,12,15-16H,7-9,11H2,1H3. The third kappa shape index (κ3) is 5.78. The largest absolute Gasteiger partial charge is 0.396 e. The summed E-state index contributed by atoms with van der Waals surface area (Å²) in [6, 6.07) is 8.03. The van der Waals surface area contributed by atoms with Crippen LogP contribution in [0, 0.1) is 11.8 Å². The second-order valence-electron chi connectivity index (χ2n) is 3.79. The molecule has 0 radical (unpaired) electrons. The molecule has 0 aliphatic heterocycles. The molecule has 0 spiro atoms. The zero-order valence-electron chi connectivity index (χ0n) is 10.0. The molecule has 2 nitrogen and oxygen atoms in total. The molecule has 1 rings (SSSR count). The van der Waals surface area contributed by atoms with E-state index in [-0.39, 0.29) is 13.2 Å². The molecule has 0 aliphatic rings. The molecule has 17 heavy (non-hydrogen) atoms. The summed E-state index contributed by atoms with van der Waals surface area (Å²) in [6.45, 7) is 2.26. The Hall–Kier alpha value is -0.950. The Morgan fingerprint density at radius 1 is 1.35 bits per heavy atom. The Labute approximate surface area is 107 Å². The lowest BCUT2D eigenvalue weighted by molar-refractivity contribution is 0.289. The number of aliphatic hydroxyl groups excluding tert-OH is 2. The molecule has 0 amide bonds. The highest BCUT2D eigenvalue weighted by Gasteiger charge is 2.02. The number of thioether (sulfide) groups is 1. The van der Waals surface area contributed by atoms with Crippen LogP contribution in [0.4, 0.5) is 0 Å². The molecule has 0 aliphatic carbocycles. The van der Waals surface area contributed by atoms with Crippen LogP contribution in [0.25, 0.3) is 0 Å². The van der Waals surface area contributed by atoms with Crippen LogP contribution >= 0.6 is 11.8 Å². The van der Waals surface area contributed by atoms with Gasteiger partial charge in [0.25, 0.3) is 0 Å². The summed E-state index contributed by atoms with van der Waals surface area (Å²) in [5.41, 5.74) is 2.16. The average Bonchev–Trinajstić information content (AvgIpc) is 2.35. The lowest BCUT2D eigenvalue weighted by Gasteiger charge is -2.09. The molecule has 3 heteroatoms. The highest BCUT2D eigenvalue weighted by molar-refractivity contribution is 7.99. The van der Waals surface area contributed by atoms with Crippen LogP contribution < -0.4 is 0 Å². The van der Waals surface area contributed by atoms with Gasteiger partial charge in [0.05, 0.1) is 0 Å². The summed E-state index contributed by atoms with van der Waals surface area (Å²) in [5, 5.41) is 17.9. The van der Waals surface area contributed by atoms with Crippen LogP contribution in [-0.4, -0.2) is 28.7 Å². The Morgan fingerprint density at radius 3 is 2.88 bits per heavy atom. The Kier molecular flexibility index (Phi) is 6.80. The third-order valence-corrected chi connectivity index (χ3v) is 3.61. The number of benzene rings is 1. The molecule has 2 N–H and O–H groups in total. The van der Waals surface area contributed by atoms with Crippen molar-refractivity contribution in [2.75, 3.05) is 13.2 Å². The van der Waals surface area contributed by atoms with E-state index in [9.17, 15) is 0 Å². The van der Waals surface area contributed by atoms with Crippen LogP contribution in [0.3, 0.4) is 0 Å². The van der Waals surface area contributed by atoms with Crippen LogP contribution in [0.15, 0.2) is 24.3 Å². The summed E-state index contributed by atoms with van der Waals surface area (Å²) in [4.78, 5) is 0. The molecule has 1 unspecified atom stereocenters. The van der Waals surface area contributed by atoms with Crippen LogP contribution in [0.5, 0.6) is 0 Å². The lowest BCUT2D eigenvalue weighted by atomic mass is 10.1. The van der Waals surface area contributed by atoms with Crippen molar-refractivity contribution in [3.8, 4) is 11.8 Å². The van der Waals surface area contributed by atoms with Crippen molar-refractivity contribution in [1.82, 2.24) is 0 Å². The van der Waals surface area contributed by atoms with E-state index in [0.717, 1.165) is 17.7 Å². The summed E-state index contributed by atoms with van der Waals surface area (Å²) >= 11 is 1.83. The van der Waals surface area contributed by atoms with Gasteiger partial charge in [0.15, 0.2) is 0 Å². The number of hydrogen-bond donors (Lipinski definition) is 2. The third-order valence-electron chi connectivity index (χ3n) is 2.31. The first-order valence-electron chi connectivity index (χ1n) is 5.67. The first-order valence-corrected chi connectivity index (χ1v) is 6.72. The summed E-state index contributed by atoms with van der Waals surface area (Å²) in [7, 11) is 0. The van der Waals surface area contributed by atoms with E-state index in [1.165, 1.54) is 5.56 Å². The van der Waals surface area contributed by atoms with Crippen molar-refractivity contribution in [3.63, 3.8) is 0 Å².